The predicted octanol–water partition coefficient (Wildman–Crippen LogP) is 2.55. The molecule has 2 N–H and O–H groups in total. The van der Waals surface area contributed by atoms with Gasteiger partial charge in [-0.05, 0) is 32.2 Å². The van der Waals surface area contributed by atoms with E-state index in [-0.39, 0.29) is 5.54 Å². The molecule has 0 unspecified atom stereocenters. The van der Waals surface area contributed by atoms with Crippen LogP contribution in [0.3, 0.4) is 0 Å². The molecule has 0 aromatic carbocycles. The highest BCUT2D eigenvalue weighted by molar-refractivity contribution is 7.08. The number of anilines is 1. The molecule has 0 saturated heterocycles. The van der Waals surface area contributed by atoms with Crippen molar-refractivity contribution in [2.24, 2.45) is 0 Å². The van der Waals surface area contributed by atoms with Crippen LogP contribution < -0.4 is 10.6 Å². The summed E-state index contributed by atoms with van der Waals surface area (Å²) in [6.45, 7) is 8.51. The van der Waals surface area contributed by atoms with Crippen LogP contribution in [0.15, 0.2) is 16.8 Å². The zero-order valence-corrected chi connectivity index (χ0v) is 9.37. The molecule has 3 heteroatoms. The largest absolute Gasteiger partial charge is 0.383 e. The average molecular weight is 198 g/mol. The van der Waals surface area contributed by atoms with Gasteiger partial charge in [-0.25, -0.2) is 0 Å². The van der Waals surface area contributed by atoms with Crippen molar-refractivity contribution in [3.63, 3.8) is 0 Å². The van der Waals surface area contributed by atoms with Crippen molar-refractivity contribution in [2.75, 3.05) is 18.4 Å². The zero-order chi connectivity index (χ0) is 9.73. The highest BCUT2D eigenvalue weighted by atomic mass is 32.1. The van der Waals surface area contributed by atoms with Gasteiger partial charge in [-0.15, -0.1) is 0 Å². The maximum absolute atomic E-state index is 3.43. The summed E-state index contributed by atoms with van der Waals surface area (Å²) in [5.74, 6) is 0. The van der Waals surface area contributed by atoms with Crippen LogP contribution in [0.4, 0.5) is 5.69 Å². The Morgan fingerprint density at radius 2 is 2.08 bits per heavy atom. The lowest BCUT2D eigenvalue weighted by atomic mass is 10.1. The van der Waals surface area contributed by atoms with Gasteiger partial charge in [0, 0.05) is 29.7 Å². The normalized spacial score (nSPS) is 11.6. The summed E-state index contributed by atoms with van der Waals surface area (Å²) in [5, 5.41) is 11.0. The fraction of sp³-hybridized carbons (Fsp3) is 0.600. The van der Waals surface area contributed by atoms with Crippen LogP contribution in [0.2, 0.25) is 0 Å². The Morgan fingerprint density at radius 3 is 2.62 bits per heavy atom. The Balaban J connectivity index is 2.09. The molecule has 1 aromatic heterocycles. The first-order valence-electron chi connectivity index (χ1n) is 4.59. The Hall–Kier alpha value is -0.540. The van der Waals surface area contributed by atoms with Gasteiger partial charge >= 0.3 is 0 Å². The van der Waals surface area contributed by atoms with E-state index in [1.54, 1.807) is 11.3 Å². The minimum Gasteiger partial charge on any atom is -0.383 e. The second-order valence-electron chi connectivity index (χ2n) is 4.12. The van der Waals surface area contributed by atoms with E-state index in [9.17, 15) is 0 Å². The van der Waals surface area contributed by atoms with E-state index in [0.717, 1.165) is 13.1 Å². The third kappa shape index (κ3) is 4.90. The van der Waals surface area contributed by atoms with Crippen molar-refractivity contribution in [2.45, 2.75) is 26.3 Å². The topological polar surface area (TPSA) is 24.1 Å². The molecule has 1 heterocycles. The molecular formula is C10H18N2S. The summed E-state index contributed by atoms with van der Waals surface area (Å²) < 4.78 is 0. The molecule has 0 amide bonds. The highest BCUT2D eigenvalue weighted by Crippen LogP contribution is 2.10. The lowest BCUT2D eigenvalue weighted by Gasteiger charge is -2.20. The van der Waals surface area contributed by atoms with E-state index in [0.29, 0.717) is 0 Å². The van der Waals surface area contributed by atoms with E-state index < -0.39 is 0 Å². The van der Waals surface area contributed by atoms with E-state index >= 15 is 0 Å². The number of nitrogens with one attached hydrogen (secondary N) is 2. The standard InChI is InChI=1S/C10H18N2S/c1-10(2,3)12-6-5-11-9-4-7-13-8-9/h4,7-8,11-12H,5-6H2,1-3H3. The monoisotopic (exact) mass is 198 g/mol. The molecule has 1 rings (SSSR count). The molecular weight excluding hydrogens is 180 g/mol. The van der Waals surface area contributed by atoms with Gasteiger partial charge in [-0.2, -0.15) is 11.3 Å². The fourth-order valence-corrected chi connectivity index (χ4v) is 1.62. The first kappa shape index (κ1) is 10.5. The molecule has 0 aliphatic carbocycles. The van der Waals surface area contributed by atoms with Gasteiger partial charge in [0.25, 0.3) is 0 Å². The van der Waals surface area contributed by atoms with Crippen molar-refractivity contribution in [1.29, 1.82) is 0 Å². The molecule has 13 heavy (non-hydrogen) atoms. The third-order valence-electron chi connectivity index (χ3n) is 1.63. The van der Waals surface area contributed by atoms with E-state index in [4.69, 9.17) is 0 Å². The quantitative estimate of drug-likeness (QED) is 0.727. The molecule has 0 atom stereocenters. The van der Waals surface area contributed by atoms with Crippen LogP contribution >= 0.6 is 11.3 Å². The Kier molecular flexibility index (Phi) is 3.75. The number of hydrogen-bond donors (Lipinski definition) is 2. The number of rotatable bonds is 4. The predicted molar refractivity (Wildman–Crippen MR) is 60.6 cm³/mol. The lowest BCUT2D eigenvalue weighted by Crippen LogP contribution is -2.38. The van der Waals surface area contributed by atoms with Crippen LogP contribution in [-0.4, -0.2) is 18.6 Å². The molecule has 0 saturated carbocycles. The zero-order valence-electron chi connectivity index (χ0n) is 8.55. The van der Waals surface area contributed by atoms with Crippen molar-refractivity contribution < 1.29 is 0 Å². The second-order valence-corrected chi connectivity index (χ2v) is 4.90. The molecule has 0 spiro atoms. The van der Waals surface area contributed by atoms with Crippen molar-refractivity contribution in [3.8, 4) is 0 Å². The smallest absolute Gasteiger partial charge is 0.0449 e. The summed E-state index contributed by atoms with van der Waals surface area (Å²) in [6, 6.07) is 2.10. The van der Waals surface area contributed by atoms with Crippen LogP contribution in [0.1, 0.15) is 20.8 Å². The molecule has 74 valence electrons. The fourth-order valence-electron chi connectivity index (χ4n) is 1.01. The van der Waals surface area contributed by atoms with Gasteiger partial charge in [0.1, 0.15) is 0 Å². The van der Waals surface area contributed by atoms with Crippen LogP contribution in [0.25, 0.3) is 0 Å². The Morgan fingerprint density at radius 1 is 1.31 bits per heavy atom. The third-order valence-corrected chi connectivity index (χ3v) is 2.31. The number of thiophene rings is 1. The maximum atomic E-state index is 3.43. The summed E-state index contributed by atoms with van der Waals surface area (Å²) >= 11 is 1.72. The average Bonchev–Trinajstić information content (AvgIpc) is 2.48. The van der Waals surface area contributed by atoms with Crippen molar-refractivity contribution in [3.05, 3.63) is 16.8 Å². The van der Waals surface area contributed by atoms with E-state index in [1.165, 1.54) is 5.69 Å². The first-order chi connectivity index (χ1) is 6.08. The summed E-state index contributed by atoms with van der Waals surface area (Å²) in [4.78, 5) is 0. The molecule has 0 aliphatic rings. The first-order valence-corrected chi connectivity index (χ1v) is 5.53. The molecule has 0 aliphatic heterocycles. The second kappa shape index (κ2) is 4.63. The molecule has 1 aromatic rings. The van der Waals surface area contributed by atoms with E-state index in [1.807, 2.05) is 0 Å². The minimum absolute atomic E-state index is 0.219. The van der Waals surface area contributed by atoms with Crippen LogP contribution in [-0.2, 0) is 0 Å². The maximum Gasteiger partial charge on any atom is 0.0449 e. The summed E-state index contributed by atoms with van der Waals surface area (Å²) in [7, 11) is 0. The highest BCUT2D eigenvalue weighted by Gasteiger charge is 2.06. The van der Waals surface area contributed by atoms with Gasteiger partial charge < -0.3 is 10.6 Å². The SMILES string of the molecule is CC(C)(C)NCCNc1ccsc1. The Labute approximate surface area is 84.4 Å². The van der Waals surface area contributed by atoms with Crippen molar-refractivity contribution >= 4 is 17.0 Å². The number of hydrogen-bond acceptors (Lipinski definition) is 3. The van der Waals surface area contributed by atoms with Crippen molar-refractivity contribution in [1.82, 2.24) is 5.32 Å². The Bertz CT molecular complexity index is 224. The minimum atomic E-state index is 0.219. The molecule has 0 bridgehead atoms. The van der Waals surface area contributed by atoms with Crippen LogP contribution in [0, 0.1) is 0 Å². The lowest BCUT2D eigenvalue weighted by molar-refractivity contribution is 0.435. The van der Waals surface area contributed by atoms with E-state index in [2.05, 4.69) is 48.2 Å². The summed E-state index contributed by atoms with van der Waals surface area (Å²) in [6.07, 6.45) is 0. The summed E-state index contributed by atoms with van der Waals surface area (Å²) in [5.41, 5.74) is 1.44. The van der Waals surface area contributed by atoms with Gasteiger partial charge in [-0.1, -0.05) is 0 Å². The van der Waals surface area contributed by atoms with Gasteiger partial charge in [0.05, 0.1) is 0 Å². The molecule has 0 fully saturated rings. The van der Waals surface area contributed by atoms with Gasteiger partial charge in [-0.3, -0.25) is 0 Å². The van der Waals surface area contributed by atoms with Gasteiger partial charge in [0.15, 0.2) is 0 Å². The van der Waals surface area contributed by atoms with Gasteiger partial charge in [0.2, 0.25) is 0 Å². The molecule has 2 nitrogen and oxygen atoms in total. The van der Waals surface area contributed by atoms with Crippen LogP contribution in [0.5, 0.6) is 0 Å². The molecule has 0 radical (unpaired) electrons.